The summed E-state index contributed by atoms with van der Waals surface area (Å²) in [7, 11) is 1.60. The second-order valence-electron chi connectivity index (χ2n) is 12.9. The molecule has 4 unspecified atom stereocenters. The van der Waals surface area contributed by atoms with E-state index in [1.54, 1.807) is 0 Å². The Morgan fingerprint density at radius 1 is 0.413 bits per heavy atom. The Kier molecular flexibility index (Phi) is 6.19. The second-order valence-corrected chi connectivity index (χ2v) is 15.7. The molecule has 2 heteroatoms. The van der Waals surface area contributed by atoms with Crippen molar-refractivity contribution in [3.63, 3.8) is 0 Å². The molecule has 46 heavy (non-hydrogen) atoms. The number of rotatable bonds is 1. The van der Waals surface area contributed by atoms with E-state index >= 15 is 0 Å². The highest BCUT2D eigenvalue weighted by molar-refractivity contribution is 7.42. The van der Waals surface area contributed by atoms with Gasteiger partial charge in [0.2, 0.25) is 0 Å². The predicted octanol–water partition coefficient (Wildman–Crippen LogP) is 12.8. The van der Waals surface area contributed by atoms with Crippen LogP contribution in [0.2, 0.25) is 0 Å². The third kappa shape index (κ3) is 4.14. The number of fused-ring (bicyclic) bond motifs is 10. The molecule has 0 amide bonds. The molecule has 0 spiro atoms. The minimum Gasteiger partial charge on any atom is -0.109 e. The molecule has 0 nitrogen and oxygen atoms in total. The molecule has 0 saturated carbocycles. The highest BCUT2D eigenvalue weighted by Gasteiger charge is 2.32. The van der Waals surface area contributed by atoms with E-state index in [4.69, 9.17) is 0 Å². The summed E-state index contributed by atoms with van der Waals surface area (Å²) in [4.78, 5) is 0. The van der Waals surface area contributed by atoms with Crippen molar-refractivity contribution in [2.45, 2.75) is 23.6 Å². The zero-order valence-electron chi connectivity index (χ0n) is 25.4. The van der Waals surface area contributed by atoms with E-state index in [0.717, 1.165) is 29.5 Å². The van der Waals surface area contributed by atoms with Crippen LogP contribution in [0.25, 0.3) is 65.3 Å². The van der Waals surface area contributed by atoms with Crippen molar-refractivity contribution in [3.8, 4) is 22.3 Å². The van der Waals surface area contributed by atoms with Gasteiger partial charge in [0.05, 0.1) is 0 Å². The van der Waals surface area contributed by atoms with Gasteiger partial charge in [0.15, 0.2) is 0 Å². The molecule has 8 aromatic carbocycles. The Morgan fingerprint density at radius 2 is 1.00 bits per heavy atom. The summed E-state index contributed by atoms with van der Waals surface area (Å²) in [5.41, 5.74) is 12.5. The number of hydrogen-bond donors (Lipinski definition) is 0. The smallest absolute Gasteiger partial charge is 0.0129 e. The van der Waals surface area contributed by atoms with Crippen LogP contribution in [-0.4, -0.2) is 0 Å². The Bertz CT molecular complexity index is 2510. The van der Waals surface area contributed by atoms with E-state index in [1.165, 1.54) is 87.6 Å². The van der Waals surface area contributed by atoms with E-state index in [-0.39, 0.29) is 0 Å². The summed E-state index contributed by atoms with van der Waals surface area (Å²) in [5.74, 6) is 0. The van der Waals surface area contributed by atoms with Crippen molar-refractivity contribution in [3.05, 3.63) is 168 Å². The summed E-state index contributed by atoms with van der Waals surface area (Å²) < 4.78 is 0. The molecule has 0 fully saturated rings. The summed E-state index contributed by atoms with van der Waals surface area (Å²) in [6, 6.07) is 56.0. The lowest BCUT2D eigenvalue weighted by Gasteiger charge is -2.30. The highest BCUT2D eigenvalue weighted by atomic mass is 31.1. The first kappa shape index (κ1) is 26.8. The average Bonchev–Trinajstić information content (AvgIpc) is 3.29. The van der Waals surface area contributed by atoms with Crippen LogP contribution in [-0.2, 0) is 12.3 Å². The van der Waals surface area contributed by atoms with Crippen molar-refractivity contribution in [1.29, 1.82) is 0 Å². The van der Waals surface area contributed by atoms with Gasteiger partial charge in [0.25, 0.3) is 0 Å². The topological polar surface area (TPSA) is 0 Å². The maximum Gasteiger partial charge on any atom is 0.0129 e. The minimum atomic E-state index is 0.438. The highest BCUT2D eigenvalue weighted by Crippen LogP contribution is 2.61. The largest absolute Gasteiger partial charge is 0.109 e. The molecular weight excluding hydrogens is 590 g/mol. The molecule has 4 atom stereocenters. The third-order valence-electron chi connectivity index (χ3n) is 10.4. The molecule has 0 radical (unpaired) electrons. The fourth-order valence-electron chi connectivity index (χ4n) is 8.25. The Morgan fingerprint density at radius 3 is 1.78 bits per heavy atom. The van der Waals surface area contributed by atoms with Gasteiger partial charge >= 0.3 is 0 Å². The Hall–Kier alpha value is -4.34. The third-order valence-corrected chi connectivity index (χ3v) is 14.2. The van der Waals surface area contributed by atoms with Crippen LogP contribution in [0.3, 0.4) is 0 Å². The van der Waals surface area contributed by atoms with Crippen molar-refractivity contribution in [2.24, 2.45) is 0 Å². The van der Waals surface area contributed by atoms with Crippen LogP contribution in [0, 0.1) is 0 Å². The van der Waals surface area contributed by atoms with Crippen molar-refractivity contribution in [1.82, 2.24) is 0 Å². The van der Waals surface area contributed by atoms with Crippen molar-refractivity contribution < 1.29 is 0 Å². The van der Waals surface area contributed by atoms with Gasteiger partial charge in [-0.05, 0) is 106 Å². The first-order valence-electron chi connectivity index (χ1n) is 16.3. The Balaban J connectivity index is 1.24. The van der Waals surface area contributed by atoms with Crippen LogP contribution in [0.15, 0.2) is 146 Å². The zero-order chi connectivity index (χ0) is 30.2. The molecule has 0 N–H and O–H groups in total. The average molecular weight is 623 g/mol. The van der Waals surface area contributed by atoms with Crippen LogP contribution in [0.4, 0.5) is 0 Å². The van der Waals surface area contributed by atoms with Gasteiger partial charge in [0.1, 0.15) is 0 Å². The van der Waals surface area contributed by atoms with Crippen molar-refractivity contribution >= 4 is 60.3 Å². The van der Waals surface area contributed by atoms with Gasteiger partial charge in [-0.2, -0.15) is 0 Å². The van der Waals surface area contributed by atoms with Gasteiger partial charge in [-0.15, -0.1) is 17.2 Å². The molecule has 218 valence electrons. The van der Waals surface area contributed by atoms with Gasteiger partial charge < -0.3 is 0 Å². The fourth-order valence-corrected chi connectivity index (χ4v) is 12.1. The monoisotopic (exact) mass is 622 g/mol. The van der Waals surface area contributed by atoms with E-state index < -0.39 is 0 Å². The first-order chi connectivity index (χ1) is 22.8. The molecule has 0 aliphatic carbocycles. The standard InChI is InChI=1S/C44H32P2/c1-3-11-34-28(7-1)18-20-33-26-46-44(38-22-21-29-8-2-4-12-35(29)42(38)41(33)34)43-32-19-17-31-10-6-14-37(40(31)24-32)36-13-5-9-30-16-15-27(25-45-43)23-39(30)36/h1-24,43-46H,25-26H2. The lowest BCUT2D eigenvalue weighted by molar-refractivity contribution is 0.894. The van der Waals surface area contributed by atoms with Gasteiger partial charge in [-0.1, -0.05) is 140 Å². The lowest BCUT2D eigenvalue weighted by Crippen LogP contribution is -2.05. The number of benzene rings is 8. The Labute approximate surface area is 273 Å². The minimum absolute atomic E-state index is 0.438. The number of hydrogen-bond acceptors (Lipinski definition) is 0. The zero-order valence-corrected chi connectivity index (χ0v) is 27.4. The summed E-state index contributed by atoms with van der Waals surface area (Å²) in [5, 5.41) is 10.8. The molecule has 2 heterocycles. The molecule has 10 rings (SSSR count). The van der Waals surface area contributed by atoms with Crippen LogP contribution in [0.1, 0.15) is 33.6 Å². The summed E-state index contributed by atoms with van der Waals surface area (Å²) in [6.07, 6.45) is 2.22. The molecule has 2 aliphatic heterocycles. The van der Waals surface area contributed by atoms with Crippen LogP contribution < -0.4 is 0 Å². The molecule has 8 aromatic rings. The summed E-state index contributed by atoms with van der Waals surface area (Å²) >= 11 is 0. The van der Waals surface area contributed by atoms with Crippen molar-refractivity contribution in [2.75, 3.05) is 0 Å². The van der Waals surface area contributed by atoms with E-state index in [2.05, 4.69) is 146 Å². The molecule has 0 saturated heterocycles. The quantitative estimate of drug-likeness (QED) is 0.160. The van der Waals surface area contributed by atoms with Crippen LogP contribution >= 0.6 is 17.2 Å². The predicted molar refractivity (Wildman–Crippen MR) is 203 cm³/mol. The first-order valence-corrected chi connectivity index (χ1v) is 18.9. The normalized spacial score (nSPS) is 18.3. The fraction of sp³-hybridized carbons (Fsp3) is 0.0909. The maximum atomic E-state index is 2.56. The van der Waals surface area contributed by atoms with E-state index in [0.29, 0.717) is 11.3 Å². The molecule has 4 bridgehead atoms. The summed E-state index contributed by atoms with van der Waals surface area (Å²) in [6.45, 7) is 0. The molecular formula is C44H32P2. The SMILES string of the molecule is c1cc2c3cc(ccc3c1)CPC(C1PCc3ccc4ccccc4c3-c3c1ccc1ccccc31)c1ccc3cccc-2c3c1. The molecule has 0 aromatic heterocycles. The molecule has 2 aliphatic rings. The van der Waals surface area contributed by atoms with E-state index in [1.807, 2.05) is 0 Å². The lowest BCUT2D eigenvalue weighted by atomic mass is 9.85. The van der Waals surface area contributed by atoms with Gasteiger partial charge in [0, 0.05) is 11.3 Å². The maximum absolute atomic E-state index is 2.56. The van der Waals surface area contributed by atoms with E-state index in [9.17, 15) is 0 Å². The van der Waals surface area contributed by atoms with Crippen LogP contribution in [0.5, 0.6) is 0 Å². The van der Waals surface area contributed by atoms with Gasteiger partial charge in [-0.25, -0.2) is 0 Å². The van der Waals surface area contributed by atoms with Gasteiger partial charge in [-0.3, -0.25) is 0 Å². The second kappa shape index (κ2) is 10.6.